The molecule has 0 atom stereocenters. The van der Waals surface area contributed by atoms with E-state index in [4.69, 9.17) is 4.74 Å². The summed E-state index contributed by atoms with van der Waals surface area (Å²) in [4.78, 5) is 1.17. The number of H-pyrrole nitrogens is 1. The SMILES string of the molecule is COCCNc1cc(-c2ccc(Br)s2)[nH]n1. The lowest BCUT2D eigenvalue weighted by Gasteiger charge is -1.99. The van der Waals surface area contributed by atoms with Crippen LogP contribution in [-0.2, 0) is 4.74 Å². The van der Waals surface area contributed by atoms with Crippen molar-refractivity contribution in [3.05, 3.63) is 22.0 Å². The summed E-state index contributed by atoms with van der Waals surface area (Å²) in [5, 5.41) is 10.3. The van der Waals surface area contributed by atoms with Gasteiger partial charge in [-0.2, -0.15) is 5.10 Å². The summed E-state index contributed by atoms with van der Waals surface area (Å²) >= 11 is 5.12. The van der Waals surface area contributed by atoms with Crippen LogP contribution in [0.1, 0.15) is 0 Å². The highest BCUT2D eigenvalue weighted by atomic mass is 79.9. The fourth-order valence-corrected chi connectivity index (χ4v) is 2.63. The Labute approximate surface area is 106 Å². The molecule has 0 aliphatic rings. The van der Waals surface area contributed by atoms with E-state index in [1.165, 1.54) is 4.88 Å². The number of rotatable bonds is 5. The molecule has 86 valence electrons. The molecule has 0 bridgehead atoms. The van der Waals surface area contributed by atoms with Gasteiger partial charge >= 0.3 is 0 Å². The molecule has 0 aliphatic carbocycles. The average molecular weight is 302 g/mol. The van der Waals surface area contributed by atoms with Crippen molar-refractivity contribution in [2.75, 3.05) is 25.6 Å². The van der Waals surface area contributed by atoms with Gasteiger partial charge < -0.3 is 10.1 Å². The maximum atomic E-state index is 4.95. The van der Waals surface area contributed by atoms with Crippen LogP contribution in [0.15, 0.2) is 22.0 Å². The van der Waals surface area contributed by atoms with Crippen LogP contribution in [0.25, 0.3) is 10.6 Å². The van der Waals surface area contributed by atoms with Crippen molar-refractivity contribution in [2.45, 2.75) is 0 Å². The van der Waals surface area contributed by atoms with Gasteiger partial charge in [0.25, 0.3) is 0 Å². The first kappa shape index (κ1) is 11.6. The number of aromatic nitrogens is 2. The molecule has 0 amide bonds. The number of anilines is 1. The van der Waals surface area contributed by atoms with E-state index in [-0.39, 0.29) is 0 Å². The van der Waals surface area contributed by atoms with Gasteiger partial charge in [0.2, 0.25) is 0 Å². The number of nitrogens with one attached hydrogen (secondary N) is 2. The van der Waals surface area contributed by atoms with Crippen LogP contribution in [0.4, 0.5) is 5.82 Å². The van der Waals surface area contributed by atoms with E-state index in [0.717, 1.165) is 21.8 Å². The third kappa shape index (κ3) is 2.84. The maximum Gasteiger partial charge on any atom is 0.148 e. The first-order valence-electron chi connectivity index (χ1n) is 4.83. The molecule has 2 aromatic rings. The van der Waals surface area contributed by atoms with Crippen LogP contribution in [0.5, 0.6) is 0 Å². The van der Waals surface area contributed by atoms with Gasteiger partial charge in [0.05, 0.1) is 21.0 Å². The van der Waals surface area contributed by atoms with Crippen LogP contribution in [0, 0.1) is 0 Å². The van der Waals surface area contributed by atoms with E-state index in [1.807, 2.05) is 12.1 Å². The summed E-state index contributed by atoms with van der Waals surface area (Å²) in [5.41, 5.74) is 1.02. The van der Waals surface area contributed by atoms with E-state index in [9.17, 15) is 0 Å². The van der Waals surface area contributed by atoms with E-state index >= 15 is 0 Å². The predicted molar refractivity (Wildman–Crippen MR) is 70.0 cm³/mol. The number of nitrogens with zero attached hydrogens (tertiary/aromatic N) is 1. The normalized spacial score (nSPS) is 10.6. The van der Waals surface area contributed by atoms with Crippen molar-refractivity contribution in [1.82, 2.24) is 10.2 Å². The highest BCUT2D eigenvalue weighted by Crippen LogP contribution is 2.30. The molecule has 0 spiro atoms. The van der Waals surface area contributed by atoms with Crippen LogP contribution in [0.2, 0.25) is 0 Å². The minimum atomic E-state index is 0.673. The lowest BCUT2D eigenvalue weighted by atomic mass is 10.3. The summed E-state index contributed by atoms with van der Waals surface area (Å²) < 4.78 is 6.07. The van der Waals surface area contributed by atoms with Gasteiger partial charge in [-0.05, 0) is 28.1 Å². The molecule has 2 rings (SSSR count). The Balaban J connectivity index is 2.02. The quantitative estimate of drug-likeness (QED) is 0.835. The molecule has 0 aliphatic heterocycles. The number of halogens is 1. The second-order valence-corrected chi connectivity index (χ2v) is 5.65. The molecule has 0 saturated heterocycles. The molecule has 0 aromatic carbocycles. The number of thiophene rings is 1. The van der Waals surface area contributed by atoms with Gasteiger partial charge in [0, 0.05) is 19.7 Å². The van der Waals surface area contributed by atoms with E-state index in [1.54, 1.807) is 18.4 Å². The first-order valence-corrected chi connectivity index (χ1v) is 6.44. The first-order chi connectivity index (χ1) is 7.79. The minimum Gasteiger partial charge on any atom is -0.383 e. The zero-order valence-corrected chi connectivity index (χ0v) is 11.2. The largest absolute Gasteiger partial charge is 0.383 e. The molecule has 2 heterocycles. The second kappa shape index (κ2) is 5.47. The van der Waals surface area contributed by atoms with Crippen LogP contribution >= 0.6 is 27.3 Å². The highest BCUT2D eigenvalue weighted by Gasteiger charge is 2.05. The van der Waals surface area contributed by atoms with Crippen molar-refractivity contribution >= 4 is 33.1 Å². The van der Waals surface area contributed by atoms with Gasteiger partial charge in [0.1, 0.15) is 5.82 Å². The Bertz CT molecular complexity index is 454. The molecule has 2 N–H and O–H groups in total. The third-order valence-electron chi connectivity index (χ3n) is 2.03. The highest BCUT2D eigenvalue weighted by molar-refractivity contribution is 9.11. The van der Waals surface area contributed by atoms with Crippen LogP contribution in [0.3, 0.4) is 0 Å². The molecule has 0 unspecified atom stereocenters. The molecular formula is C10H12BrN3OS. The smallest absolute Gasteiger partial charge is 0.148 e. The Hall–Kier alpha value is -0.850. The lowest BCUT2D eigenvalue weighted by Crippen LogP contribution is -2.07. The van der Waals surface area contributed by atoms with Crippen molar-refractivity contribution in [3.63, 3.8) is 0 Å². The minimum absolute atomic E-state index is 0.673. The molecule has 16 heavy (non-hydrogen) atoms. The Morgan fingerprint density at radius 1 is 1.56 bits per heavy atom. The summed E-state index contributed by atoms with van der Waals surface area (Å²) in [6.45, 7) is 1.43. The summed E-state index contributed by atoms with van der Waals surface area (Å²) in [6.07, 6.45) is 0. The Morgan fingerprint density at radius 2 is 2.44 bits per heavy atom. The Morgan fingerprint density at radius 3 is 3.12 bits per heavy atom. The van der Waals surface area contributed by atoms with Crippen LogP contribution < -0.4 is 5.32 Å². The lowest BCUT2D eigenvalue weighted by molar-refractivity contribution is 0.210. The van der Waals surface area contributed by atoms with Crippen molar-refractivity contribution in [3.8, 4) is 10.6 Å². The third-order valence-corrected chi connectivity index (χ3v) is 3.69. The standard InChI is InChI=1S/C10H12BrN3OS/c1-15-5-4-12-10-6-7(13-14-10)8-2-3-9(11)16-8/h2-3,6H,4-5H2,1H3,(H2,12,13,14). The van der Waals surface area contributed by atoms with Gasteiger partial charge in [-0.25, -0.2) is 0 Å². The van der Waals surface area contributed by atoms with Crippen LogP contribution in [-0.4, -0.2) is 30.5 Å². The summed E-state index contributed by atoms with van der Waals surface area (Å²) in [6, 6.07) is 6.08. The van der Waals surface area contributed by atoms with Gasteiger partial charge in [-0.1, -0.05) is 0 Å². The molecule has 2 aromatic heterocycles. The zero-order valence-electron chi connectivity index (χ0n) is 8.79. The molecule has 6 heteroatoms. The number of hydrogen-bond acceptors (Lipinski definition) is 4. The molecule has 0 saturated carbocycles. The Kier molecular flexibility index (Phi) is 3.98. The number of hydrogen-bond donors (Lipinski definition) is 2. The molecule has 0 fully saturated rings. The maximum absolute atomic E-state index is 4.95. The predicted octanol–water partition coefficient (Wildman–Crippen LogP) is 2.96. The van der Waals surface area contributed by atoms with Gasteiger partial charge in [-0.15, -0.1) is 11.3 Å². The monoisotopic (exact) mass is 301 g/mol. The molecular weight excluding hydrogens is 290 g/mol. The molecule has 4 nitrogen and oxygen atoms in total. The fraction of sp³-hybridized carbons (Fsp3) is 0.300. The second-order valence-electron chi connectivity index (χ2n) is 3.19. The summed E-state index contributed by atoms with van der Waals surface area (Å²) in [7, 11) is 1.68. The summed E-state index contributed by atoms with van der Waals surface area (Å²) in [5.74, 6) is 0.844. The van der Waals surface area contributed by atoms with E-state index in [0.29, 0.717) is 6.61 Å². The topological polar surface area (TPSA) is 49.9 Å². The zero-order chi connectivity index (χ0) is 11.4. The number of ether oxygens (including phenoxy) is 1. The van der Waals surface area contributed by atoms with Crippen molar-refractivity contribution in [1.29, 1.82) is 0 Å². The van der Waals surface area contributed by atoms with Crippen molar-refractivity contribution in [2.24, 2.45) is 0 Å². The average Bonchev–Trinajstić information content (AvgIpc) is 2.87. The van der Waals surface area contributed by atoms with Gasteiger partial charge in [0.15, 0.2) is 0 Å². The fourth-order valence-electron chi connectivity index (χ4n) is 1.28. The number of aromatic amines is 1. The van der Waals surface area contributed by atoms with E-state index < -0.39 is 0 Å². The molecule has 0 radical (unpaired) electrons. The van der Waals surface area contributed by atoms with Gasteiger partial charge in [-0.3, -0.25) is 5.10 Å². The van der Waals surface area contributed by atoms with E-state index in [2.05, 4.69) is 37.5 Å². The van der Waals surface area contributed by atoms with Crippen molar-refractivity contribution < 1.29 is 4.74 Å². The number of methoxy groups -OCH3 is 1.